The molecule has 0 saturated heterocycles. The first-order valence-corrected chi connectivity index (χ1v) is 8.04. The minimum atomic E-state index is -0.711. The monoisotopic (exact) mass is 354 g/mol. The van der Waals surface area contributed by atoms with Crippen LogP contribution in [0.1, 0.15) is 23.4 Å². The smallest absolute Gasteiger partial charge is 0.292 e. The molecule has 2 amide bonds. The van der Waals surface area contributed by atoms with E-state index in [2.05, 4.69) is 20.8 Å². The van der Waals surface area contributed by atoms with Gasteiger partial charge in [0.1, 0.15) is 5.75 Å². The predicted octanol–water partition coefficient (Wildman–Crippen LogP) is 1.67. The first-order valence-electron chi connectivity index (χ1n) is 8.04. The van der Waals surface area contributed by atoms with Crippen LogP contribution in [-0.4, -0.2) is 35.1 Å². The number of aromatic nitrogens is 2. The third kappa shape index (κ3) is 3.97. The van der Waals surface area contributed by atoms with Gasteiger partial charge >= 0.3 is 0 Å². The quantitative estimate of drug-likeness (QED) is 0.697. The van der Waals surface area contributed by atoms with Crippen molar-refractivity contribution in [1.29, 1.82) is 0 Å². The normalized spacial score (nSPS) is 11.8. The molecule has 0 bridgehead atoms. The molecular formula is C18H18N4O4. The average Bonchev–Trinajstić information content (AvgIpc) is 3.14. The number of nitrogens with zero attached hydrogens (tertiary/aromatic N) is 2. The van der Waals surface area contributed by atoms with E-state index >= 15 is 0 Å². The van der Waals surface area contributed by atoms with E-state index in [1.807, 2.05) is 42.5 Å². The molecule has 1 heterocycles. The number of benzene rings is 2. The van der Waals surface area contributed by atoms with Gasteiger partial charge in [-0.05, 0) is 29.8 Å². The Labute approximate surface area is 149 Å². The molecule has 0 fully saturated rings. The number of fused-ring (bicyclic) bond motifs is 1. The topological polar surface area (TPSA) is 106 Å². The molecule has 0 radical (unpaired) electrons. The maximum atomic E-state index is 12.2. The highest BCUT2D eigenvalue weighted by molar-refractivity contribution is 5.90. The van der Waals surface area contributed by atoms with E-state index in [0.717, 1.165) is 10.8 Å². The minimum absolute atomic E-state index is 0.00818. The molecule has 134 valence electrons. The van der Waals surface area contributed by atoms with Crippen LogP contribution in [0.4, 0.5) is 0 Å². The summed E-state index contributed by atoms with van der Waals surface area (Å²) < 4.78 is 10.6. The second kappa shape index (κ2) is 7.64. The Hall–Kier alpha value is -3.42. The molecule has 0 spiro atoms. The summed E-state index contributed by atoms with van der Waals surface area (Å²) in [4.78, 5) is 27.4. The van der Waals surface area contributed by atoms with Gasteiger partial charge in [0, 0.05) is 7.05 Å². The third-order valence-corrected chi connectivity index (χ3v) is 3.72. The molecule has 0 saturated carbocycles. The fourth-order valence-corrected chi connectivity index (χ4v) is 2.34. The molecular weight excluding hydrogens is 336 g/mol. The molecule has 3 aromatic rings. The Morgan fingerprint density at radius 1 is 1.19 bits per heavy atom. The minimum Gasteiger partial charge on any atom is -0.481 e. The van der Waals surface area contributed by atoms with E-state index in [-0.39, 0.29) is 24.2 Å². The Bertz CT molecular complexity index is 938. The van der Waals surface area contributed by atoms with Crippen molar-refractivity contribution in [2.45, 2.75) is 19.6 Å². The zero-order chi connectivity index (χ0) is 18.5. The summed E-state index contributed by atoms with van der Waals surface area (Å²) in [5.41, 5.74) is 0. The fourth-order valence-electron chi connectivity index (χ4n) is 2.34. The van der Waals surface area contributed by atoms with E-state index in [0.29, 0.717) is 5.75 Å². The van der Waals surface area contributed by atoms with Gasteiger partial charge in [0.25, 0.3) is 17.6 Å². The van der Waals surface area contributed by atoms with Crippen molar-refractivity contribution in [2.24, 2.45) is 0 Å². The molecule has 1 aromatic heterocycles. The van der Waals surface area contributed by atoms with Crippen LogP contribution in [0.25, 0.3) is 10.8 Å². The van der Waals surface area contributed by atoms with E-state index in [1.54, 1.807) is 6.92 Å². The maximum Gasteiger partial charge on any atom is 0.292 e. The summed E-state index contributed by atoms with van der Waals surface area (Å²) in [6.45, 7) is 1.66. The van der Waals surface area contributed by atoms with Crippen molar-refractivity contribution in [1.82, 2.24) is 20.8 Å². The highest BCUT2D eigenvalue weighted by atomic mass is 16.5. The largest absolute Gasteiger partial charge is 0.481 e. The number of ether oxygens (including phenoxy) is 1. The van der Waals surface area contributed by atoms with Crippen LogP contribution in [0.3, 0.4) is 0 Å². The number of carbonyl (C=O) groups excluding carboxylic acids is 2. The summed E-state index contributed by atoms with van der Waals surface area (Å²) in [6, 6.07) is 13.5. The first-order chi connectivity index (χ1) is 12.6. The van der Waals surface area contributed by atoms with Crippen LogP contribution in [0.2, 0.25) is 0 Å². The molecule has 2 N–H and O–H groups in total. The number of hydrogen-bond donors (Lipinski definition) is 2. The van der Waals surface area contributed by atoms with Gasteiger partial charge in [-0.15, -0.1) is 0 Å². The molecule has 8 heteroatoms. The molecule has 26 heavy (non-hydrogen) atoms. The molecule has 3 rings (SSSR count). The lowest BCUT2D eigenvalue weighted by Gasteiger charge is -2.14. The van der Waals surface area contributed by atoms with E-state index in [9.17, 15) is 9.59 Å². The lowest BCUT2D eigenvalue weighted by Crippen LogP contribution is -2.36. The Balaban J connectivity index is 1.57. The van der Waals surface area contributed by atoms with Gasteiger partial charge in [0.05, 0.1) is 6.54 Å². The van der Waals surface area contributed by atoms with Gasteiger partial charge in [-0.3, -0.25) is 9.59 Å². The predicted molar refractivity (Wildman–Crippen MR) is 93.6 cm³/mol. The zero-order valence-corrected chi connectivity index (χ0v) is 14.4. The van der Waals surface area contributed by atoms with Gasteiger partial charge in [-0.1, -0.05) is 35.5 Å². The van der Waals surface area contributed by atoms with Crippen molar-refractivity contribution in [2.75, 3.05) is 7.05 Å². The molecule has 0 unspecified atom stereocenters. The van der Waals surface area contributed by atoms with Crippen molar-refractivity contribution in [3.8, 4) is 5.75 Å². The highest BCUT2D eigenvalue weighted by Gasteiger charge is 2.17. The van der Waals surface area contributed by atoms with Crippen LogP contribution in [0.15, 0.2) is 47.0 Å². The second-order valence-electron chi connectivity index (χ2n) is 5.58. The van der Waals surface area contributed by atoms with Crippen molar-refractivity contribution >= 4 is 22.6 Å². The van der Waals surface area contributed by atoms with Gasteiger partial charge in [-0.25, -0.2) is 0 Å². The summed E-state index contributed by atoms with van der Waals surface area (Å²) in [6.07, 6.45) is -0.711. The molecule has 8 nitrogen and oxygen atoms in total. The number of nitrogens with one attached hydrogen (secondary N) is 2. The molecule has 2 aromatic carbocycles. The number of rotatable bonds is 6. The SMILES string of the molecule is CNC(=O)c1noc(CNC(=O)[C@H](C)Oc2ccc3ccccc3c2)n1. The highest BCUT2D eigenvalue weighted by Crippen LogP contribution is 2.21. The number of hydrogen-bond acceptors (Lipinski definition) is 6. The molecule has 0 aliphatic rings. The van der Waals surface area contributed by atoms with E-state index in [1.165, 1.54) is 7.05 Å². The molecule has 0 aliphatic heterocycles. The lowest BCUT2D eigenvalue weighted by atomic mass is 10.1. The molecule has 0 aliphatic carbocycles. The van der Waals surface area contributed by atoms with Crippen LogP contribution in [-0.2, 0) is 11.3 Å². The van der Waals surface area contributed by atoms with Crippen molar-refractivity contribution < 1.29 is 18.8 Å². The van der Waals surface area contributed by atoms with Crippen LogP contribution in [0.5, 0.6) is 5.75 Å². The van der Waals surface area contributed by atoms with Gasteiger partial charge < -0.3 is 19.9 Å². The average molecular weight is 354 g/mol. The Kier molecular flexibility index (Phi) is 5.12. The van der Waals surface area contributed by atoms with Crippen LogP contribution in [0, 0.1) is 0 Å². The molecule has 1 atom stereocenters. The third-order valence-electron chi connectivity index (χ3n) is 3.72. The number of carbonyl (C=O) groups is 2. The second-order valence-corrected chi connectivity index (χ2v) is 5.58. The van der Waals surface area contributed by atoms with E-state index in [4.69, 9.17) is 9.26 Å². The van der Waals surface area contributed by atoms with Crippen LogP contribution < -0.4 is 15.4 Å². The van der Waals surface area contributed by atoms with Gasteiger partial charge in [0.2, 0.25) is 5.89 Å². The van der Waals surface area contributed by atoms with Crippen molar-refractivity contribution in [3.63, 3.8) is 0 Å². The summed E-state index contributed by atoms with van der Waals surface area (Å²) in [7, 11) is 1.46. The maximum absolute atomic E-state index is 12.2. The fraction of sp³-hybridized carbons (Fsp3) is 0.222. The number of amides is 2. The van der Waals surface area contributed by atoms with Crippen LogP contribution >= 0.6 is 0 Å². The summed E-state index contributed by atoms with van der Waals surface area (Å²) in [5.74, 6) is -0.143. The van der Waals surface area contributed by atoms with Crippen molar-refractivity contribution in [3.05, 3.63) is 54.2 Å². The Morgan fingerprint density at radius 2 is 1.96 bits per heavy atom. The van der Waals surface area contributed by atoms with E-state index < -0.39 is 12.0 Å². The summed E-state index contributed by atoms with van der Waals surface area (Å²) in [5, 5.41) is 10.7. The van der Waals surface area contributed by atoms with Gasteiger partial charge in [-0.2, -0.15) is 4.98 Å². The first kappa shape index (κ1) is 17.4. The Morgan fingerprint density at radius 3 is 2.73 bits per heavy atom. The zero-order valence-electron chi connectivity index (χ0n) is 14.4. The summed E-state index contributed by atoms with van der Waals surface area (Å²) >= 11 is 0. The lowest BCUT2D eigenvalue weighted by molar-refractivity contribution is -0.127. The standard InChI is InChI=1S/C18H18N4O4/c1-11(25-14-8-7-12-5-3-4-6-13(12)9-14)17(23)20-10-15-21-16(22-26-15)18(24)19-2/h3-9,11H,10H2,1-2H3,(H,19,24)(H,20,23)/t11-/m0/s1. The van der Waals surface area contributed by atoms with Gasteiger partial charge in [0.15, 0.2) is 6.10 Å².